The molecule has 0 bridgehead atoms. The number of hydrogen-bond acceptors (Lipinski definition) is 6. The molecule has 0 aliphatic carbocycles. The van der Waals surface area contributed by atoms with Crippen molar-refractivity contribution in [2.45, 2.75) is 31.2 Å². The normalized spacial score (nSPS) is 12.7. The van der Waals surface area contributed by atoms with Crippen LogP contribution < -0.4 is 10.1 Å². The summed E-state index contributed by atoms with van der Waals surface area (Å²) >= 11 is 0. The summed E-state index contributed by atoms with van der Waals surface area (Å²) in [4.78, 5) is 32.3. The van der Waals surface area contributed by atoms with Crippen LogP contribution in [0, 0.1) is 10.8 Å². The van der Waals surface area contributed by atoms with Gasteiger partial charge in [0.15, 0.2) is 0 Å². The van der Waals surface area contributed by atoms with E-state index >= 15 is 0 Å². The Hall–Kier alpha value is -2.33. The van der Waals surface area contributed by atoms with Crippen molar-refractivity contribution in [2.24, 2.45) is 11.1 Å². The van der Waals surface area contributed by atoms with E-state index in [1.165, 1.54) is 23.5 Å². The van der Waals surface area contributed by atoms with Gasteiger partial charge in [0.05, 0.1) is 18.0 Å². The second kappa shape index (κ2) is 9.97. The molecular formula is C16H23N3O6S. The number of methoxy groups -OCH3 is 1. The smallest absolute Gasteiger partial charge is 0.379 e. The van der Waals surface area contributed by atoms with E-state index in [1.807, 2.05) is 13.8 Å². The van der Waals surface area contributed by atoms with Gasteiger partial charge in [0.2, 0.25) is 10.0 Å². The largest absolute Gasteiger partial charge is 0.497 e. The Balaban J connectivity index is 2.97. The topological polar surface area (TPSA) is 122 Å². The number of nitrogens with one attached hydrogen (secondary N) is 1. The Labute approximate surface area is 152 Å². The zero-order valence-electron chi connectivity index (χ0n) is 14.9. The SMILES string of the molecule is COc1ccc(S(=O)(=O)N(CC[C@H](C=O)NC(=O)N=O)CC(C)C)cc1. The summed E-state index contributed by atoms with van der Waals surface area (Å²) in [5.74, 6) is 0.577. The van der Waals surface area contributed by atoms with Crippen LogP contribution in [0.5, 0.6) is 5.75 Å². The van der Waals surface area contributed by atoms with Gasteiger partial charge < -0.3 is 14.8 Å². The molecule has 144 valence electrons. The maximum atomic E-state index is 12.9. The van der Waals surface area contributed by atoms with Crippen molar-refractivity contribution in [1.29, 1.82) is 0 Å². The van der Waals surface area contributed by atoms with Crippen LogP contribution in [0.15, 0.2) is 34.3 Å². The molecule has 0 radical (unpaired) electrons. The number of carbonyl (C=O) groups excluding carboxylic acids is 2. The molecule has 1 rings (SSSR count). The summed E-state index contributed by atoms with van der Waals surface area (Å²) < 4.78 is 32.0. The third-order valence-electron chi connectivity index (χ3n) is 3.51. The van der Waals surface area contributed by atoms with Crippen molar-refractivity contribution in [2.75, 3.05) is 20.2 Å². The van der Waals surface area contributed by atoms with Gasteiger partial charge in [-0.3, -0.25) is 0 Å². The maximum Gasteiger partial charge on any atom is 0.379 e. The molecule has 1 N–H and O–H groups in total. The van der Waals surface area contributed by atoms with Gasteiger partial charge in [0, 0.05) is 18.3 Å². The predicted octanol–water partition coefficient (Wildman–Crippen LogP) is 1.78. The fraction of sp³-hybridized carbons (Fsp3) is 0.500. The summed E-state index contributed by atoms with van der Waals surface area (Å²) in [6.07, 6.45) is 0.462. The van der Waals surface area contributed by atoms with E-state index in [9.17, 15) is 22.9 Å². The minimum atomic E-state index is -3.80. The maximum absolute atomic E-state index is 12.9. The molecular weight excluding hydrogens is 362 g/mol. The standard InChI is InChI=1S/C16H23N3O6S/c1-12(2)10-19(9-8-13(11-20)17-16(21)18-22)26(23,24)15-6-4-14(25-3)5-7-15/h4-7,11-13H,8-10H2,1-3H3,(H,17,21)/t13-/m1/s1. The third-order valence-corrected chi connectivity index (χ3v) is 5.39. The fourth-order valence-corrected chi connectivity index (χ4v) is 3.87. The highest BCUT2D eigenvalue weighted by molar-refractivity contribution is 7.89. The molecule has 1 aromatic carbocycles. The minimum Gasteiger partial charge on any atom is -0.497 e. The molecule has 0 aliphatic heterocycles. The summed E-state index contributed by atoms with van der Waals surface area (Å²) in [6.45, 7) is 3.96. The van der Waals surface area contributed by atoms with Crippen LogP contribution in [0.3, 0.4) is 0 Å². The summed E-state index contributed by atoms with van der Waals surface area (Å²) in [5, 5.41) is 4.27. The van der Waals surface area contributed by atoms with E-state index in [4.69, 9.17) is 4.74 Å². The Morgan fingerprint density at radius 1 is 1.31 bits per heavy atom. The van der Waals surface area contributed by atoms with Gasteiger partial charge in [-0.2, -0.15) is 4.31 Å². The average molecular weight is 385 g/mol. The lowest BCUT2D eigenvalue weighted by Crippen LogP contribution is -2.40. The highest BCUT2D eigenvalue weighted by Crippen LogP contribution is 2.21. The van der Waals surface area contributed by atoms with Gasteiger partial charge in [-0.25, -0.2) is 13.2 Å². The molecule has 1 aromatic rings. The first-order valence-electron chi connectivity index (χ1n) is 7.98. The van der Waals surface area contributed by atoms with E-state index < -0.39 is 22.1 Å². The zero-order valence-corrected chi connectivity index (χ0v) is 15.7. The van der Waals surface area contributed by atoms with Gasteiger partial charge in [0.1, 0.15) is 12.0 Å². The van der Waals surface area contributed by atoms with Gasteiger partial charge in [-0.15, -0.1) is 4.91 Å². The number of nitrogens with zero attached hydrogens (tertiary/aromatic N) is 2. The first-order chi connectivity index (χ1) is 12.2. The van der Waals surface area contributed by atoms with Gasteiger partial charge >= 0.3 is 6.03 Å². The summed E-state index contributed by atoms with van der Waals surface area (Å²) in [5.41, 5.74) is 0. The molecule has 0 saturated heterocycles. The predicted molar refractivity (Wildman–Crippen MR) is 95.4 cm³/mol. The van der Waals surface area contributed by atoms with Crippen LogP contribution in [-0.4, -0.2) is 51.3 Å². The lowest BCUT2D eigenvalue weighted by molar-refractivity contribution is -0.109. The van der Waals surface area contributed by atoms with Crippen LogP contribution in [0.25, 0.3) is 0 Å². The lowest BCUT2D eigenvalue weighted by atomic mass is 10.2. The average Bonchev–Trinajstić information content (AvgIpc) is 2.63. The van der Waals surface area contributed by atoms with Crippen molar-refractivity contribution in [3.05, 3.63) is 29.2 Å². The van der Waals surface area contributed by atoms with Crippen molar-refractivity contribution in [3.8, 4) is 5.75 Å². The molecule has 1 atom stereocenters. The number of amides is 2. The number of sulfonamides is 1. The highest BCUT2D eigenvalue weighted by Gasteiger charge is 2.26. The number of nitroso groups, excluding NO2 is 1. The minimum absolute atomic E-state index is 0.00487. The van der Waals surface area contributed by atoms with Crippen molar-refractivity contribution in [3.63, 3.8) is 0 Å². The van der Waals surface area contributed by atoms with E-state index in [-0.39, 0.29) is 30.3 Å². The highest BCUT2D eigenvalue weighted by atomic mass is 32.2. The van der Waals surface area contributed by atoms with Crippen LogP contribution in [0.2, 0.25) is 0 Å². The lowest BCUT2D eigenvalue weighted by Gasteiger charge is -2.25. The van der Waals surface area contributed by atoms with Crippen molar-refractivity contribution >= 4 is 22.3 Å². The third kappa shape index (κ3) is 6.19. The van der Waals surface area contributed by atoms with Crippen LogP contribution in [-0.2, 0) is 14.8 Å². The van der Waals surface area contributed by atoms with Crippen molar-refractivity contribution in [1.82, 2.24) is 9.62 Å². The van der Waals surface area contributed by atoms with Gasteiger partial charge in [-0.1, -0.05) is 13.8 Å². The number of ether oxygens (including phenoxy) is 1. The summed E-state index contributed by atoms with van der Waals surface area (Å²) in [6, 6.07) is 3.81. The van der Waals surface area contributed by atoms with Gasteiger partial charge in [0.25, 0.3) is 0 Å². The number of rotatable bonds is 10. The number of urea groups is 1. The molecule has 9 nitrogen and oxygen atoms in total. The first-order valence-corrected chi connectivity index (χ1v) is 9.42. The monoisotopic (exact) mass is 385 g/mol. The molecule has 0 unspecified atom stereocenters. The van der Waals surface area contributed by atoms with E-state index in [0.717, 1.165) is 0 Å². The first kappa shape index (κ1) is 21.7. The summed E-state index contributed by atoms with van der Waals surface area (Å²) in [7, 11) is -2.31. The van der Waals surface area contributed by atoms with E-state index in [1.54, 1.807) is 12.1 Å². The Morgan fingerprint density at radius 2 is 1.92 bits per heavy atom. The second-order valence-electron chi connectivity index (χ2n) is 6.00. The quantitative estimate of drug-likeness (QED) is 0.484. The molecule has 0 spiro atoms. The molecule has 0 aromatic heterocycles. The second-order valence-corrected chi connectivity index (χ2v) is 7.94. The molecule has 0 saturated carbocycles. The van der Waals surface area contributed by atoms with Crippen molar-refractivity contribution < 1.29 is 22.7 Å². The Bertz CT molecular complexity index is 718. The molecule has 2 amide bonds. The number of hydrogen-bond donors (Lipinski definition) is 1. The zero-order chi connectivity index (χ0) is 19.7. The van der Waals surface area contributed by atoms with Gasteiger partial charge in [-0.05, 0) is 36.6 Å². The molecule has 0 aliphatic rings. The molecule has 0 heterocycles. The number of carbonyl (C=O) groups is 2. The van der Waals surface area contributed by atoms with Crippen LogP contribution in [0.1, 0.15) is 20.3 Å². The van der Waals surface area contributed by atoms with Crippen LogP contribution >= 0.6 is 0 Å². The van der Waals surface area contributed by atoms with E-state index in [2.05, 4.69) is 10.5 Å². The Morgan fingerprint density at radius 3 is 2.38 bits per heavy atom. The number of aldehydes is 1. The number of benzene rings is 1. The van der Waals surface area contributed by atoms with E-state index in [0.29, 0.717) is 12.0 Å². The molecule has 0 fully saturated rings. The van der Waals surface area contributed by atoms with Crippen LogP contribution in [0.4, 0.5) is 4.79 Å². The Kier molecular flexibility index (Phi) is 8.33. The fourth-order valence-electron chi connectivity index (χ4n) is 2.26. The molecule has 10 heteroatoms. The molecule has 26 heavy (non-hydrogen) atoms.